The zero-order valence-electron chi connectivity index (χ0n) is 12.8. The van der Waals surface area contributed by atoms with Crippen LogP contribution in [0.2, 0.25) is 0 Å². The minimum absolute atomic E-state index is 0.0729. The van der Waals surface area contributed by atoms with Gasteiger partial charge in [-0.25, -0.2) is 4.79 Å². The van der Waals surface area contributed by atoms with E-state index in [-0.39, 0.29) is 18.1 Å². The molecule has 0 atom stereocenters. The van der Waals surface area contributed by atoms with Crippen LogP contribution in [0.25, 0.3) is 11.0 Å². The van der Waals surface area contributed by atoms with E-state index in [1.807, 2.05) is 0 Å². The maximum absolute atomic E-state index is 12.2. The predicted octanol–water partition coefficient (Wildman–Crippen LogP) is 3.67. The second-order valence-electron chi connectivity index (χ2n) is 4.69. The monoisotopic (exact) mass is 392 g/mol. The Balaban J connectivity index is 2.58. The molecular formula is C16H13BrN2O5. The fourth-order valence-corrected chi connectivity index (χ4v) is 2.37. The van der Waals surface area contributed by atoms with Gasteiger partial charge in [0.05, 0.1) is 6.61 Å². The van der Waals surface area contributed by atoms with Crippen molar-refractivity contribution in [3.05, 3.63) is 39.8 Å². The van der Waals surface area contributed by atoms with Gasteiger partial charge in [0.25, 0.3) is 5.91 Å². The number of nitrogens with zero attached hydrogens (tertiary/aromatic N) is 1. The lowest BCUT2D eigenvalue weighted by molar-refractivity contribution is -0.112. The Morgan fingerprint density at radius 3 is 2.75 bits per heavy atom. The predicted molar refractivity (Wildman–Crippen MR) is 89.4 cm³/mol. The maximum atomic E-state index is 12.2. The summed E-state index contributed by atoms with van der Waals surface area (Å²) in [6.07, 6.45) is 0. The van der Waals surface area contributed by atoms with Crippen LogP contribution in [0.1, 0.15) is 24.4 Å². The smallest absolute Gasteiger partial charge is 0.376 e. The number of amides is 1. The van der Waals surface area contributed by atoms with Crippen molar-refractivity contribution < 1.29 is 23.8 Å². The minimum atomic E-state index is -0.856. The van der Waals surface area contributed by atoms with Crippen LogP contribution >= 0.6 is 15.9 Å². The number of hydrogen-bond donors (Lipinski definition) is 2. The van der Waals surface area contributed by atoms with Gasteiger partial charge in [-0.05, 0) is 32.0 Å². The van der Waals surface area contributed by atoms with E-state index in [9.17, 15) is 14.7 Å². The molecule has 0 aliphatic carbocycles. The van der Waals surface area contributed by atoms with Crippen LogP contribution in [0.15, 0.2) is 38.4 Å². The third-order valence-electron chi connectivity index (χ3n) is 3.05. The van der Waals surface area contributed by atoms with Crippen molar-refractivity contribution in [2.45, 2.75) is 13.8 Å². The number of hydrogen-bond acceptors (Lipinski definition) is 6. The molecule has 0 saturated heterocycles. The number of benzene rings is 1. The Morgan fingerprint density at radius 2 is 2.17 bits per heavy atom. The minimum Gasteiger partial charge on any atom is -0.511 e. The number of carbonyl (C=O) groups is 2. The zero-order valence-corrected chi connectivity index (χ0v) is 14.4. The third kappa shape index (κ3) is 3.41. The number of furan rings is 1. The molecule has 0 aliphatic heterocycles. The lowest BCUT2D eigenvalue weighted by Crippen LogP contribution is -2.17. The summed E-state index contributed by atoms with van der Waals surface area (Å²) in [6, 6.07) is 6.59. The van der Waals surface area contributed by atoms with Crippen molar-refractivity contribution in [3.8, 4) is 6.07 Å². The number of allylic oxidation sites excluding steroid dienone is 1. The molecule has 2 rings (SSSR count). The number of ether oxygens (including phenoxy) is 1. The van der Waals surface area contributed by atoms with Crippen LogP contribution in [0.3, 0.4) is 0 Å². The number of anilines is 1. The molecule has 124 valence electrons. The van der Waals surface area contributed by atoms with Crippen molar-refractivity contribution in [2.24, 2.45) is 0 Å². The number of rotatable bonds is 4. The Kier molecular flexibility index (Phi) is 5.26. The average Bonchev–Trinajstić information content (AvgIpc) is 2.86. The van der Waals surface area contributed by atoms with Gasteiger partial charge in [-0.2, -0.15) is 5.26 Å². The fourth-order valence-electron chi connectivity index (χ4n) is 2.01. The molecule has 24 heavy (non-hydrogen) atoms. The summed E-state index contributed by atoms with van der Waals surface area (Å²) in [4.78, 5) is 24.3. The molecule has 2 N–H and O–H groups in total. The van der Waals surface area contributed by atoms with Crippen LogP contribution in [0, 0.1) is 11.3 Å². The quantitative estimate of drug-likeness (QED) is 0.355. The highest BCUT2D eigenvalue weighted by Gasteiger charge is 2.25. The topological polar surface area (TPSA) is 113 Å². The molecule has 1 heterocycles. The van der Waals surface area contributed by atoms with E-state index in [2.05, 4.69) is 21.2 Å². The van der Waals surface area contributed by atoms with Crippen molar-refractivity contribution in [2.75, 3.05) is 11.9 Å². The highest BCUT2D eigenvalue weighted by Crippen LogP contribution is 2.34. The molecule has 8 heteroatoms. The first-order valence-electron chi connectivity index (χ1n) is 6.89. The second-order valence-corrected chi connectivity index (χ2v) is 5.61. The molecule has 0 radical (unpaired) electrons. The Morgan fingerprint density at radius 1 is 1.46 bits per heavy atom. The molecule has 0 unspecified atom stereocenters. The molecule has 0 bridgehead atoms. The molecule has 0 saturated carbocycles. The molecule has 2 aromatic rings. The van der Waals surface area contributed by atoms with Crippen LogP contribution in [-0.4, -0.2) is 23.6 Å². The summed E-state index contributed by atoms with van der Waals surface area (Å²) in [6.45, 7) is 2.99. The molecule has 7 nitrogen and oxygen atoms in total. The zero-order chi connectivity index (χ0) is 17.9. The van der Waals surface area contributed by atoms with Crippen molar-refractivity contribution in [1.29, 1.82) is 5.26 Å². The van der Waals surface area contributed by atoms with Gasteiger partial charge < -0.3 is 19.6 Å². The van der Waals surface area contributed by atoms with Gasteiger partial charge in [0, 0.05) is 9.86 Å². The van der Waals surface area contributed by atoms with Gasteiger partial charge in [0.15, 0.2) is 5.57 Å². The first kappa shape index (κ1) is 17.6. The number of nitriles is 1. The second kappa shape index (κ2) is 7.19. The summed E-state index contributed by atoms with van der Waals surface area (Å²) >= 11 is 3.30. The summed E-state index contributed by atoms with van der Waals surface area (Å²) < 4.78 is 11.1. The van der Waals surface area contributed by atoms with Crippen LogP contribution < -0.4 is 5.32 Å². The van der Waals surface area contributed by atoms with Gasteiger partial charge in [0.2, 0.25) is 5.76 Å². The fraction of sp³-hybridized carbons (Fsp3) is 0.188. The molecule has 0 aliphatic rings. The number of fused-ring (bicyclic) bond motifs is 1. The maximum Gasteiger partial charge on any atom is 0.376 e. The standard InChI is InChI=1S/C16H13BrN2O5/c1-3-23-16(22)14-13(19-15(21)11(7-18)8(2)20)10-6-9(17)4-5-12(10)24-14/h4-6,20H,3H2,1-2H3,(H,19,21)/b11-8-. The van der Waals surface area contributed by atoms with Gasteiger partial charge in [-0.1, -0.05) is 15.9 Å². The molecule has 0 spiro atoms. The Hall–Kier alpha value is -2.79. The van der Waals surface area contributed by atoms with Crippen LogP contribution in [0.5, 0.6) is 0 Å². The summed E-state index contributed by atoms with van der Waals surface area (Å²) in [7, 11) is 0. The SMILES string of the molecule is CCOC(=O)c1oc2ccc(Br)cc2c1NC(=O)/C(C#N)=C(/C)O. The van der Waals surface area contributed by atoms with Crippen LogP contribution in [0.4, 0.5) is 5.69 Å². The van der Waals surface area contributed by atoms with E-state index < -0.39 is 23.2 Å². The van der Waals surface area contributed by atoms with Gasteiger partial charge in [-0.3, -0.25) is 4.79 Å². The lowest BCUT2D eigenvalue weighted by Gasteiger charge is -2.06. The number of carbonyl (C=O) groups excluding carboxylic acids is 2. The summed E-state index contributed by atoms with van der Waals surface area (Å²) in [5, 5.41) is 21.3. The average molecular weight is 393 g/mol. The lowest BCUT2D eigenvalue weighted by atomic mass is 10.2. The number of aliphatic hydroxyl groups excluding tert-OH is 1. The Bertz CT molecular complexity index is 888. The summed E-state index contributed by atoms with van der Waals surface area (Å²) in [5.74, 6) is -2.22. The van der Waals surface area contributed by atoms with Crippen LogP contribution in [-0.2, 0) is 9.53 Å². The number of halogens is 1. The van der Waals surface area contributed by atoms with Crippen molar-refractivity contribution >= 4 is 44.5 Å². The number of aliphatic hydroxyl groups is 1. The van der Waals surface area contributed by atoms with E-state index in [0.717, 1.165) is 0 Å². The van der Waals surface area contributed by atoms with E-state index in [4.69, 9.17) is 14.4 Å². The van der Waals surface area contributed by atoms with Gasteiger partial charge in [-0.15, -0.1) is 0 Å². The summed E-state index contributed by atoms with van der Waals surface area (Å²) in [5.41, 5.74) is -0.0299. The first-order chi connectivity index (χ1) is 11.4. The third-order valence-corrected chi connectivity index (χ3v) is 3.54. The largest absolute Gasteiger partial charge is 0.511 e. The number of esters is 1. The molecular weight excluding hydrogens is 380 g/mol. The van der Waals surface area contributed by atoms with Crippen molar-refractivity contribution in [3.63, 3.8) is 0 Å². The highest BCUT2D eigenvalue weighted by molar-refractivity contribution is 9.10. The van der Waals surface area contributed by atoms with Gasteiger partial charge >= 0.3 is 5.97 Å². The van der Waals surface area contributed by atoms with E-state index in [1.165, 1.54) is 6.92 Å². The van der Waals surface area contributed by atoms with Crippen molar-refractivity contribution in [1.82, 2.24) is 0 Å². The molecule has 0 fully saturated rings. The molecule has 1 amide bonds. The number of nitrogens with one attached hydrogen (secondary N) is 1. The van der Waals surface area contributed by atoms with E-state index in [0.29, 0.717) is 15.4 Å². The van der Waals surface area contributed by atoms with E-state index >= 15 is 0 Å². The van der Waals surface area contributed by atoms with Gasteiger partial charge in [0.1, 0.15) is 23.1 Å². The first-order valence-corrected chi connectivity index (χ1v) is 7.68. The van der Waals surface area contributed by atoms with E-state index in [1.54, 1.807) is 31.2 Å². The molecule has 1 aromatic heterocycles. The Labute approximate surface area is 145 Å². The molecule has 1 aromatic carbocycles. The highest BCUT2D eigenvalue weighted by atomic mass is 79.9. The normalized spacial score (nSPS) is 11.6.